The quantitative estimate of drug-likeness (QED) is 0.517. The molecule has 0 aliphatic carbocycles. The van der Waals surface area contributed by atoms with Crippen molar-refractivity contribution in [3.8, 4) is 0 Å². The van der Waals surface area contributed by atoms with Gasteiger partial charge in [0.2, 0.25) is 0 Å². The van der Waals surface area contributed by atoms with E-state index in [-0.39, 0.29) is 5.92 Å². The van der Waals surface area contributed by atoms with Gasteiger partial charge in [0.25, 0.3) is 0 Å². The van der Waals surface area contributed by atoms with E-state index in [1.165, 1.54) is 0 Å². The van der Waals surface area contributed by atoms with Crippen LogP contribution in [0.25, 0.3) is 0 Å². The predicted octanol–water partition coefficient (Wildman–Crippen LogP) is 0.739. The van der Waals surface area contributed by atoms with E-state index in [0.29, 0.717) is 6.61 Å². The highest BCUT2D eigenvalue weighted by molar-refractivity contribution is 5.53. The van der Waals surface area contributed by atoms with Crippen LogP contribution in [0.15, 0.2) is 0 Å². The highest BCUT2D eigenvalue weighted by atomic mass is 19.3. The first-order valence-corrected chi connectivity index (χ1v) is 3.03. The van der Waals surface area contributed by atoms with Gasteiger partial charge in [-0.1, -0.05) is 0 Å². The summed E-state index contributed by atoms with van der Waals surface area (Å²) in [5.41, 5.74) is 0. The molecule has 0 saturated carbocycles. The minimum Gasteiger partial charge on any atom is -0.381 e. The molecule has 3 nitrogen and oxygen atoms in total. The van der Waals surface area contributed by atoms with E-state index in [9.17, 15) is 9.32 Å². The molecule has 0 spiro atoms. The summed E-state index contributed by atoms with van der Waals surface area (Å²) in [6.07, 6.45) is 1.89. The van der Waals surface area contributed by atoms with Crippen molar-refractivity contribution in [3.63, 3.8) is 0 Å². The summed E-state index contributed by atoms with van der Waals surface area (Å²) in [6.45, 7) is 1.41. The zero-order chi connectivity index (χ0) is 7.82. The number of halogens is 1. The smallest absolute Gasteiger partial charge is 0.125 e. The van der Waals surface area contributed by atoms with Crippen molar-refractivity contribution in [2.45, 2.75) is 6.42 Å². The van der Waals surface area contributed by atoms with Crippen LogP contribution in [0.3, 0.4) is 0 Å². The summed E-state index contributed by atoms with van der Waals surface area (Å²) in [5.74, 6) is 0.194. The fourth-order valence-electron chi connectivity index (χ4n) is 0.660. The highest BCUT2D eigenvalue weighted by Crippen LogP contribution is 2.07. The van der Waals surface area contributed by atoms with Gasteiger partial charge < -0.3 is 9.53 Å². The molecule has 0 aromatic rings. The van der Waals surface area contributed by atoms with Crippen molar-refractivity contribution in [1.29, 1.82) is 0 Å². The average Bonchev–Trinajstić information content (AvgIpc) is 2.39. The lowest BCUT2D eigenvalue weighted by Crippen LogP contribution is -1.98. The molecule has 1 rings (SSSR count). The molecule has 4 heteroatoms. The van der Waals surface area contributed by atoms with Crippen molar-refractivity contribution in [1.82, 2.24) is 0 Å². The summed E-state index contributed by atoms with van der Waals surface area (Å²) >= 11 is 0. The summed E-state index contributed by atoms with van der Waals surface area (Å²) in [4.78, 5) is 12.7. The number of hydrogen-bond acceptors (Lipinski definition) is 3. The third kappa shape index (κ3) is 4.40. The number of aldehydes is 1. The molecule has 0 amide bonds. The van der Waals surface area contributed by atoms with Crippen LogP contribution in [0.1, 0.15) is 6.42 Å². The van der Waals surface area contributed by atoms with Gasteiger partial charge in [0.15, 0.2) is 0 Å². The van der Waals surface area contributed by atoms with Gasteiger partial charge in [-0.15, -0.1) is 0 Å². The van der Waals surface area contributed by atoms with Crippen molar-refractivity contribution in [3.05, 3.63) is 0 Å². The molecule has 1 fully saturated rings. The zero-order valence-corrected chi connectivity index (χ0v) is 5.88. The highest BCUT2D eigenvalue weighted by Gasteiger charge is 2.12. The molecular weight excluding hydrogens is 139 g/mol. The second kappa shape index (κ2) is 6.64. The molecule has 1 aliphatic rings. The minimum absolute atomic E-state index is 0.194. The van der Waals surface area contributed by atoms with E-state index in [4.69, 9.17) is 4.74 Å². The fraction of sp³-hybridized carbons (Fsp3) is 0.833. The standard InChI is InChI=1S/C5H8O2.CH3FO/c6-3-5-1-2-7-4-5;1-3-2/h3,5H,1-2,4H2;1H3. The molecule has 0 N–H and O–H groups in total. The third-order valence-corrected chi connectivity index (χ3v) is 1.16. The van der Waals surface area contributed by atoms with E-state index in [1.54, 1.807) is 0 Å². The molecule has 1 aliphatic heterocycles. The van der Waals surface area contributed by atoms with Crippen LogP contribution >= 0.6 is 0 Å². The number of ether oxygens (including phenoxy) is 1. The molecule has 60 valence electrons. The van der Waals surface area contributed by atoms with Crippen LogP contribution in [0.5, 0.6) is 0 Å². The lowest BCUT2D eigenvalue weighted by Gasteiger charge is -1.88. The lowest BCUT2D eigenvalue weighted by atomic mass is 10.2. The SMILES string of the molecule is COF.O=CC1CCOC1. The van der Waals surface area contributed by atoms with Crippen molar-refractivity contribution < 1.29 is 19.0 Å². The Kier molecular flexibility index (Phi) is 6.32. The Morgan fingerprint density at radius 3 is 2.60 bits per heavy atom. The minimum atomic E-state index is 0.194. The summed E-state index contributed by atoms with van der Waals surface area (Å²) < 4.78 is 14.7. The topological polar surface area (TPSA) is 35.5 Å². The first kappa shape index (κ1) is 9.52. The van der Waals surface area contributed by atoms with E-state index in [2.05, 4.69) is 4.94 Å². The van der Waals surface area contributed by atoms with Gasteiger partial charge in [-0.05, 0) is 10.9 Å². The zero-order valence-electron chi connectivity index (χ0n) is 5.88. The number of hydrogen-bond donors (Lipinski definition) is 0. The van der Waals surface area contributed by atoms with Crippen LogP contribution in [0.2, 0.25) is 0 Å². The van der Waals surface area contributed by atoms with Crippen molar-refractivity contribution in [2.75, 3.05) is 20.3 Å². The van der Waals surface area contributed by atoms with Gasteiger partial charge >= 0.3 is 0 Å². The second-order valence-corrected chi connectivity index (χ2v) is 1.91. The normalized spacial score (nSPS) is 23.2. The van der Waals surface area contributed by atoms with E-state index in [1.807, 2.05) is 0 Å². The molecular formula is C6H11FO3. The molecule has 0 bridgehead atoms. The van der Waals surface area contributed by atoms with Crippen LogP contribution in [0.4, 0.5) is 4.53 Å². The van der Waals surface area contributed by atoms with Gasteiger partial charge in [0, 0.05) is 12.5 Å². The fourth-order valence-corrected chi connectivity index (χ4v) is 0.660. The molecule has 0 radical (unpaired) electrons. The van der Waals surface area contributed by atoms with Crippen LogP contribution in [-0.2, 0) is 14.5 Å². The van der Waals surface area contributed by atoms with Gasteiger partial charge in [-0.3, -0.25) is 0 Å². The van der Waals surface area contributed by atoms with E-state index < -0.39 is 0 Å². The Bertz CT molecular complexity index is 81.1. The first-order valence-electron chi connectivity index (χ1n) is 3.03. The Labute approximate surface area is 59.0 Å². The molecule has 1 unspecified atom stereocenters. The van der Waals surface area contributed by atoms with Crippen LogP contribution in [-0.4, -0.2) is 26.6 Å². The Balaban J connectivity index is 0.000000236. The van der Waals surface area contributed by atoms with Gasteiger partial charge in [-0.25, -0.2) is 0 Å². The molecule has 0 aromatic carbocycles. The predicted molar refractivity (Wildman–Crippen MR) is 33.1 cm³/mol. The van der Waals surface area contributed by atoms with E-state index in [0.717, 1.165) is 26.4 Å². The Morgan fingerprint density at radius 2 is 2.40 bits per heavy atom. The van der Waals surface area contributed by atoms with Gasteiger partial charge in [-0.2, -0.15) is 4.94 Å². The molecule has 1 saturated heterocycles. The largest absolute Gasteiger partial charge is 0.381 e. The molecule has 1 heterocycles. The maximum Gasteiger partial charge on any atom is 0.125 e. The number of rotatable bonds is 1. The van der Waals surface area contributed by atoms with Crippen molar-refractivity contribution >= 4 is 6.29 Å². The number of carbonyl (C=O) groups is 1. The molecule has 1 atom stereocenters. The summed E-state index contributed by atoms with van der Waals surface area (Å²) in [6, 6.07) is 0. The molecule has 0 aromatic heterocycles. The Morgan fingerprint density at radius 1 is 1.80 bits per heavy atom. The van der Waals surface area contributed by atoms with Gasteiger partial charge in [0.1, 0.15) is 6.29 Å². The monoisotopic (exact) mass is 150 g/mol. The first-order chi connectivity index (χ1) is 4.85. The number of carbonyl (C=O) groups excluding carboxylic acids is 1. The van der Waals surface area contributed by atoms with Crippen molar-refractivity contribution in [2.24, 2.45) is 5.92 Å². The van der Waals surface area contributed by atoms with Crippen LogP contribution in [0, 0.1) is 5.92 Å². The molecule has 10 heavy (non-hydrogen) atoms. The van der Waals surface area contributed by atoms with E-state index >= 15 is 0 Å². The third-order valence-electron chi connectivity index (χ3n) is 1.16. The maximum atomic E-state index is 9.93. The maximum absolute atomic E-state index is 9.93. The average molecular weight is 150 g/mol. The lowest BCUT2D eigenvalue weighted by molar-refractivity contribution is -0.111. The Hall–Kier alpha value is -0.480. The second-order valence-electron chi connectivity index (χ2n) is 1.91. The summed E-state index contributed by atoms with van der Waals surface area (Å²) in [5, 5.41) is 0. The van der Waals surface area contributed by atoms with Crippen LogP contribution < -0.4 is 0 Å². The van der Waals surface area contributed by atoms with Gasteiger partial charge in [0.05, 0.1) is 13.7 Å². The summed E-state index contributed by atoms with van der Waals surface area (Å²) in [7, 11) is 0.958.